The fourth-order valence-electron chi connectivity index (χ4n) is 0.823. The number of para-hydroxylation sites is 1. The third-order valence-corrected chi connectivity index (χ3v) is 2.04. The Morgan fingerprint density at radius 3 is 2.31 bits per heavy atom. The zero-order chi connectivity index (χ0) is 9.90. The summed E-state index contributed by atoms with van der Waals surface area (Å²) in [6.07, 6.45) is 0. The second-order valence-electron chi connectivity index (χ2n) is 3.20. The molecule has 0 aliphatic carbocycles. The van der Waals surface area contributed by atoms with Gasteiger partial charge in [-0.05, 0) is 37.6 Å². The molecule has 0 unspecified atom stereocenters. The van der Waals surface area contributed by atoms with Gasteiger partial charge in [0.1, 0.15) is 5.75 Å². The number of hydrogen-bond acceptors (Lipinski definition) is 2. The van der Waals surface area contributed by atoms with E-state index in [0.717, 1.165) is 0 Å². The number of benzene rings is 1. The van der Waals surface area contributed by atoms with Crippen molar-refractivity contribution in [3.8, 4) is 5.75 Å². The molecule has 2 nitrogen and oxygen atoms in total. The van der Waals surface area contributed by atoms with Crippen LogP contribution in [0.4, 0.5) is 0 Å². The minimum absolute atomic E-state index is 0.503. The summed E-state index contributed by atoms with van der Waals surface area (Å²) >= 11 is 5.36. The topological polar surface area (TPSA) is 26.3 Å². The van der Waals surface area contributed by atoms with E-state index >= 15 is 0 Å². The van der Waals surface area contributed by atoms with Gasteiger partial charge in [-0.25, -0.2) is 0 Å². The molecule has 0 amide bonds. The first-order chi connectivity index (χ1) is 6.02. The molecule has 0 radical (unpaired) electrons. The van der Waals surface area contributed by atoms with Gasteiger partial charge in [-0.15, -0.1) is 0 Å². The number of carbonyl (C=O) groups excluding carboxylic acids is 1. The Hall–Kier alpha value is -1.02. The summed E-state index contributed by atoms with van der Waals surface area (Å²) in [4.78, 5) is 10.9. The molecule has 0 aromatic heterocycles. The number of rotatable bonds is 3. The zero-order valence-corrected chi connectivity index (χ0v) is 8.34. The highest BCUT2D eigenvalue weighted by atomic mass is 35.5. The van der Waals surface area contributed by atoms with Gasteiger partial charge >= 0.3 is 0 Å². The molecule has 0 aliphatic rings. The molecule has 0 fully saturated rings. The molecule has 0 bridgehead atoms. The molecule has 13 heavy (non-hydrogen) atoms. The van der Waals surface area contributed by atoms with Crippen LogP contribution in [0.1, 0.15) is 13.8 Å². The van der Waals surface area contributed by atoms with Gasteiger partial charge in [0.15, 0.2) is 5.60 Å². The van der Waals surface area contributed by atoms with Crippen molar-refractivity contribution >= 4 is 16.8 Å². The van der Waals surface area contributed by atoms with Crippen LogP contribution in [-0.4, -0.2) is 10.8 Å². The second-order valence-corrected chi connectivity index (χ2v) is 3.54. The van der Waals surface area contributed by atoms with E-state index in [2.05, 4.69) is 0 Å². The van der Waals surface area contributed by atoms with Crippen molar-refractivity contribution in [2.75, 3.05) is 0 Å². The number of carbonyl (C=O) groups is 1. The minimum atomic E-state index is -0.969. The van der Waals surface area contributed by atoms with Crippen LogP contribution in [0, 0.1) is 0 Å². The fraction of sp³-hybridized carbons (Fsp3) is 0.300. The molecule has 0 saturated carbocycles. The first-order valence-corrected chi connectivity index (χ1v) is 4.34. The highest BCUT2D eigenvalue weighted by Gasteiger charge is 2.27. The van der Waals surface area contributed by atoms with Crippen LogP contribution in [-0.2, 0) is 4.79 Å². The Bertz CT molecular complexity index is 293. The largest absolute Gasteiger partial charge is 0.479 e. The van der Waals surface area contributed by atoms with E-state index < -0.39 is 10.8 Å². The highest BCUT2D eigenvalue weighted by Crippen LogP contribution is 2.19. The lowest BCUT2D eigenvalue weighted by Gasteiger charge is -2.21. The highest BCUT2D eigenvalue weighted by molar-refractivity contribution is 6.65. The Labute approximate surface area is 82.5 Å². The summed E-state index contributed by atoms with van der Waals surface area (Å²) < 4.78 is 5.38. The normalized spacial score (nSPS) is 11.0. The van der Waals surface area contributed by atoms with Crippen LogP contribution >= 0.6 is 11.6 Å². The molecular weight excluding hydrogens is 188 g/mol. The average molecular weight is 199 g/mol. The lowest BCUT2D eigenvalue weighted by Crippen LogP contribution is -2.34. The van der Waals surface area contributed by atoms with E-state index in [0.29, 0.717) is 5.75 Å². The maximum atomic E-state index is 10.9. The third-order valence-electron chi connectivity index (χ3n) is 1.59. The Kier molecular flexibility index (Phi) is 2.94. The molecule has 3 heteroatoms. The van der Waals surface area contributed by atoms with E-state index in [-0.39, 0.29) is 0 Å². The number of ether oxygens (including phenoxy) is 1. The van der Waals surface area contributed by atoms with Gasteiger partial charge in [0, 0.05) is 0 Å². The Morgan fingerprint density at radius 1 is 1.31 bits per heavy atom. The summed E-state index contributed by atoms with van der Waals surface area (Å²) in [5.41, 5.74) is -0.969. The van der Waals surface area contributed by atoms with Crippen LogP contribution in [0.2, 0.25) is 0 Å². The van der Waals surface area contributed by atoms with Crippen LogP contribution in [0.25, 0.3) is 0 Å². The van der Waals surface area contributed by atoms with Crippen molar-refractivity contribution < 1.29 is 9.53 Å². The lowest BCUT2D eigenvalue weighted by molar-refractivity contribution is -0.123. The van der Waals surface area contributed by atoms with E-state index in [1.54, 1.807) is 26.0 Å². The van der Waals surface area contributed by atoms with Crippen molar-refractivity contribution in [3.63, 3.8) is 0 Å². The standard InChI is InChI=1S/C10H11ClO2/c1-10(2,9(11)12)13-8-6-4-3-5-7-8/h3-7H,1-2H3. The van der Waals surface area contributed by atoms with Crippen LogP contribution in [0.15, 0.2) is 30.3 Å². The van der Waals surface area contributed by atoms with Crippen LogP contribution < -0.4 is 4.74 Å². The van der Waals surface area contributed by atoms with Gasteiger partial charge in [-0.1, -0.05) is 18.2 Å². The van der Waals surface area contributed by atoms with Crippen molar-refractivity contribution in [1.82, 2.24) is 0 Å². The third kappa shape index (κ3) is 2.74. The SMILES string of the molecule is CC(C)(Oc1ccccc1)C(=O)Cl. The zero-order valence-electron chi connectivity index (χ0n) is 7.58. The molecule has 0 atom stereocenters. The molecular formula is C10H11ClO2. The van der Waals surface area contributed by atoms with Gasteiger partial charge in [0.2, 0.25) is 0 Å². The van der Waals surface area contributed by atoms with Gasteiger partial charge in [-0.3, -0.25) is 4.79 Å². The maximum Gasteiger partial charge on any atom is 0.264 e. The summed E-state index contributed by atoms with van der Waals surface area (Å²) in [5.74, 6) is 0.640. The first kappa shape index (κ1) is 10.1. The maximum absolute atomic E-state index is 10.9. The minimum Gasteiger partial charge on any atom is -0.479 e. The van der Waals surface area contributed by atoms with Crippen molar-refractivity contribution in [2.24, 2.45) is 0 Å². The average Bonchev–Trinajstić information content (AvgIpc) is 2.05. The van der Waals surface area contributed by atoms with E-state index in [1.165, 1.54) is 0 Å². The van der Waals surface area contributed by atoms with Crippen molar-refractivity contribution in [1.29, 1.82) is 0 Å². The number of hydrogen-bond donors (Lipinski definition) is 0. The molecule has 0 aliphatic heterocycles. The quantitative estimate of drug-likeness (QED) is 0.698. The summed E-state index contributed by atoms with van der Waals surface area (Å²) in [6.45, 7) is 3.27. The number of halogens is 1. The second kappa shape index (κ2) is 3.79. The Morgan fingerprint density at radius 2 is 1.85 bits per heavy atom. The van der Waals surface area contributed by atoms with E-state index in [4.69, 9.17) is 16.3 Å². The lowest BCUT2D eigenvalue weighted by atomic mass is 10.1. The first-order valence-electron chi connectivity index (χ1n) is 3.96. The molecule has 1 aromatic rings. The summed E-state index contributed by atoms with van der Waals surface area (Å²) in [6, 6.07) is 9.11. The molecule has 70 valence electrons. The summed E-state index contributed by atoms with van der Waals surface area (Å²) in [5, 5.41) is -0.503. The molecule has 0 heterocycles. The molecule has 1 aromatic carbocycles. The van der Waals surface area contributed by atoms with E-state index in [9.17, 15) is 4.79 Å². The van der Waals surface area contributed by atoms with Crippen molar-refractivity contribution in [2.45, 2.75) is 19.4 Å². The molecule has 0 N–H and O–H groups in total. The smallest absolute Gasteiger partial charge is 0.264 e. The molecule has 1 rings (SSSR count). The monoisotopic (exact) mass is 198 g/mol. The predicted octanol–water partition coefficient (Wildman–Crippen LogP) is 2.61. The van der Waals surface area contributed by atoms with Gasteiger partial charge in [-0.2, -0.15) is 0 Å². The van der Waals surface area contributed by atoms with Gasteiger partial charge < -0.3 is 4.74 Å². The van der Waals surface area contributed by atoms with Crippen molar-refractivity contribution in [3.05, 3.63) is 30.3 Å². The Balaban J connectivity index is 2.75. The fourth-order valence-corrected chi connectivity index (χ4v) is 0.862. The van der Waals surface area contributed by atoms with Crippen LogP contribution in [0.5, 0.6) is 5.75 Å². The summed E-state index contributed by atoms with van der Waals surface area (Å²) in [7, 11) is 0. The van der Waals surface area contributed by atoms with Gasteiger partial charge in [0.05, 0.1) is 0 Å². The van der Waals surface area contributed by atoms with Crippen LogP contribution in [0.3, 0.4) is 0 Å². The van der Waals surface area contributed by atoms with Gasteiger partial charge in [0.25, 0.3) is 5.24 Å². The van der Waals surface area contributed by atoms with E-state index in [1.807, 2.05) is 18.2 Å². The predicted molar refractivity (Wildman–Crippen MR) is 52.0 cm³/mol. The molecule has 0 spiro atoms. The molecule has 0 saturated heterocycles.